The van der Waals surface area contributed by atoms with Crippen molar-refractivity contribution in [1.29, 1.82) is 0 Å². The molecule has 0 spiro atoms. The Labute approximate surface area is 101 Å². The molecule has 0 aliphatic heterocycles. The van der Waals surface area contributed by atoms with Gasteiger partial charge in [0.05, 0.1) is 0 Å². The molecule has 1 aromatic carbocycles. The van der Waals surface area contributed by atoms with Crippen LogP contribution in [0.25, 0.3) is 0 Å². The van der Waals surface area contributed by atoms with Crippen molar-refractivity contribution in [3.8, 4) is 0 Å². The van der Waals surface area contributed by atoms with Gasteiger partial charge in [0.25, 0.3) is 5.91 Å². The van der Waals surface area contributed by atoms with E-state index in [0.717, 1.165) is 19.5 Å². The first-order valence-electron chi connectivity index (χ1n) is 5.31. The molecular weight excluding hydrogens is 224 g/mol. The van der Waals surface area contributed by atoms with Crippen LogP contribution in [0.4, 0.5) is 0 Å². The Morgan fingerprint density at radius 2 is 2.25 bits per heavy atom. The first kappa shape index (κ1) is 13.0. The van der Waals surface area contributed by atoms with Gasteiger partial charge in [0, 0.05) is 24.2 Å². The lowest BCUT2D eigenvalue weighted by Crippen LogP contribution is -2.29. The average Bonchev–Trinajstić information content (AvgIpc) is 2.28. The van der Waals surface area contributed by atoms with E-state index in [1.165, 1.54) is 0 Å². The van der Waals surface area contributed by atoms with Crippen molar-refractivity contribution in [2.75, 3.05) is 27.2 Å². The molecule has 0 unspecified atom stereocenters. The van der Waals surface area contributed by atoms with E-state index in [-0.39, 0.29) is 5.91 Å². The van der Waals surface area contributed by atoms with Crippen LogP contribution < -0.4 is 5.32 Å². The molecule has 1 aromatic rings. The second-order valence-corrected chi connectivity index (χ2v) is 4.13. The average molecular weight is 241 g/mol. The van der Waals surface area contributed by atoms with Crippen molar-refractivity contribution >= 4 is 17.5 Å². The molecule has 1 amide bonds. The summed E-state index contributed by atoms with van der Waals surface area (Å²) < 4.78 is 0. The summed E-state index contributed by atoms with van der Waals surface area (Å²) >= 11 is 5.84. The molecule has 1 rings (SSSR count). The molecule has 0 bridgehead atoms. The Hall–Kier alpha value is -1.06. The molecule has 0 aliphatic rings. The summed E-state index contributed by atoms with van der Waals surface area (Å²) in [7, 11) is 3.71. The number of hydrogen-bond donors (Lipinski definition) is 1. The summed E-state index contributed by atoms with van der Waals surface area (Å²) in [5.74, 6) is 0.0126. The molecule has 4 heteroatoms. The smallest absolute Gasteiger partial charge is 0.253 e. The zero-order valence-corrected chi connectivity index (χ0v) is 10.4. The molecule has 0 radical (unpaired) electrons. The van der Waals surface area contributed by atoms with Crippen LogP contribution in [0.5, 0.6) is 0 Å². The van der Waals surface area contributed by atoms with E-state index in [2.05, 4.69) is 5.32 Å². The summed E-state index contributed by atoms with van der Waals surface area (Å²) in [5, 5.41) is 3.64. The third-order valence-electron chi connectivity index (χ3n) is 2.34. The van der Waals surface area contributed by atoms with E-state index < -0.39 is 0 Å². The van der Waals surface area contributed by atoms with E-state index in [0.29, 0.717) is 10.6 Å². The van der Waals surface area contributed by atoms with Crippen LogP contribution in [-0.4, -0.2) is 38.0 Å². The zero-order valence-electron chi connectivity index (χ0n) is 9.66. The molecule has 16 heavy (non-hydrogen) atoms. The SMILES string of the molecule is CNCCCN(C)C(=O)c1cccc(Cl)c1. The van der Waals surface area contributed by atoms with Crippen LogP contribution in [0.3, 0.4) is 0 Å². The Morgan fingerprint density at radius 3 is 2.88 bits per heavy atom. The van der Waals surface area contributed by atoms with Crippen molar-refractivity contribution in [2.24, 2.45) is 0 Å². The number of halogens is 1. The summed E-state index contributed by atoms with van der Waals surface area (Å²) in [5.41, 5.74) is 0.638. The van der Waals surface area contributed by atoms with Gasteiger partial charge in [-0.25, -0.2) is 0 Å². The molecule has 88 valence electrons. The van der Waals surface area contributed by atoms with Crippen LogP contribution in [0.1, 0.15) is 16.8 Å². The third-order valence-corrected chi connectivity index (χ3v) is 2.57. The van der Waals surface area contributed by atoms with E-state index in [1.54, 1.807) is 36.2 Å². The topological polar surface area (TPSA) is 32.3 Å². The maximum Gasteiger partial charge on any atom is 0.253 e. The van der Waals surface area contributed by atoms with E-state index >= 15 is 0 Å². The van der Waals surface area contributed by atoms with Gasteiger partial charge in [0.15, 0.2) is 0 Å². The van der Waals surface area contributed by atoms with Gasteiger partial charge in [-0.2, -0.15) is 0 Å². The molecule has 0 aliphatic carbocycles. The molecular formula is C12H17ClN2O. The predicted molar refractivity (Wildman–Crippen MR) is 67.0 cm³/mol. The molecule has 0 saturated heterocycles. The van der Waals surface area contributed by atoms with E-state index in [9.17, 15) is 4.79 Å². The minimum atomic E-state index is 0.0126. The van der Waals surface area contributed by atoms with Crippen molar-refractivity contribution in [3.63, 3.8) is 0 Å². The Kier molecular flexibility index (Phi) is 5.29. The highest BCUT2D eigenvalue weighted by Gasteiger charge is 2.10. The van der Waals surface area contributed by atoms with Gasteiger partial charge in [-0.3, -0.25) is 4.79 Å². The molecule has 0 fully saturated rings. The predicted octanol–water partition coefficient (Wildman–Crippen LogP) is 2.02. The normalized spacial score (nSPS) is 10.2. The number of amides is 1. The summed E-state index contributed by atoms with van der Waals surface area (Å²) in [6.07, 6.45) is 0.944. The molecule has 3 nitrogen and oxygen atoms in total. The lowest BCUT2D eigenvalue weighted by atomic mass is 10.2. The number of carbonyl (C=O) groups is 1. The van der Waals surface area contributed by atoms with Gasteiger partial charge >= 0.3 is 0 Å². The fourth-order valence-electron chi connectivity index (χ4n) is 1.44. The van der Waals surface area contributed by atoms with Gasteiger partial charge in [-0.05, 0) is 38.2 Å². The van der Waals surface area contributed by atoms with Crippen molar-refractivity contribution in [3.05, 3.63) is 34.9 Å². The summed E-state index contributed by atoms with van der Waals surface area (Å²) in [6, 6.07) is 7.03. The summed E-state index contributed by atoms with van der Waals surface area (Å²) in [6.45, 7) is 1.65. The fraction of sp³-hybridized carbons (Fsp3) is 0.417. The number of benzene rings is 1. The lowest BCUT2D eigenvalue weighted by molar-refractivity contribution is 0.0794. The number of hydrogen-bond acceptors (Lipinski definition) is 2. The Balaban J connectivity index is 2.56. The maximum absolute atomic E-state index is 11.9. The van der Waals surface area contributed by atoms with Crippen LogP contribution in [0.15, 0.2) is 24.3 Å². The second kappa shape index (κ2) is 6.51. The summed E-state index contributed by atoms with van der Waals surface area (Å²) in [4.78, 5) is 13.6. The third kappa shape index (κ3) is 3.83. The first-order chi connectivity index (χ1) is 7.65. The van der Waals surface area contributed by atoms with Gasteiger partial charge in [0.1, 0.15) is 0 Å². The van der Waals surface area contributed by atoms with Crippen LogP contribution in [0, 0.1) is 0 Å². The standard InChI is InChI=1S/C12H17ClN2O/c1-14-7-4-8-15(2)12(16)10-5-3-6-11(13)9-10/h3,5-6,9,14H,4,7-8H2,1-2H3. The Bertz CT molecular complexity index is 355. The number of nitrogens with one attached hydrogen (secondary N) is 1. The highest BCUT2D eigenvalue weighted by molar-refractivity contribution is 6.30. The molecule has 0 saturated carbocycles. The molecule has 0 aromatic heterocycles. The highest BCUT2D eigenvalue weighted by atomic mass is 35.5. The number of rotatable bonds is 5. The lowest BCUT2D eigenvalue weighted by Gasteiger charge is -2.17. The largest absolute Gasteiger partial charge is 0.342 e. The van der Waals surface area contributed by atoms with E-state index in [1.807, 2.05) is 7.05 Å². The quantitative estimate of drug-likeness (QED) is 0.799. The molecule has 1 N–H and O–H groups in total. The van der Waals surface area contributed by atoms with Crippen LogP contribution >= 0.6 is 11.6 Å². The van der Waals surface area contributed by atoms with Gasteiger partial charge in [-0.15, -0.1) is 0 Å². The van der Waals surface area contributed by atoms with Crippen LogP contribution in [-0.2, 0) is 0 Å². The number of carbonyl (C=O) groups excluding carboxylic acids is 1. The van der Waals surface area contributed by atoms with Crippen molar-refractivity contribution in [1.82, 2.24) is 10.2 Å². The van der Waals surface area contributed by atoms with Crippen LogP contribution in [0.2, 0.25) is 5.02 Å². The van der Waals surface area contributed by atoms with Crippen molar-refractivity contribution < 1.29 is 4.79 Å². The molecule has 0 heterocycles. The minimum Gasteiger partial charge on any atom is -0.342 e. The first-order valence-corrected chi connectivity index (χ1v) is 5.68. The fourth-order valence-corrected chi connectivity index (χ4v) is 1.63. The van der Waals surface area contributed by atoms with Crippen molar-refractivity contribution in [2.45, 2.75) is 6.42 Å². The highest BCUT2D eigenvalue weighted by Crippen LogP contribution is 2.12. The minimum absolute atomic E-state index is 0.0126. The molecule has 0 atom stereocenters. The van der Waals surface area contributed by atoms with Gasteiger partial charge in [0.2, 0.25) is 0 Å². The van der Waals surface area contributed by atoms with E-state index in [4.69, 9.17) is 11.6 Å². The second-order valence-electron chi connectivity index (χ2n) is 3.69. The maximum atomic E-state index is 11.9. The number of nitrogens with zero attached hydrogens (tertiary/aromatic N) is 1. The zero-order chi connectivity index (χ0) is 12.0. The van der Waals surface area contributed by atoms with Gasteiger partial charge in [-0.1, -0.05) is 17.7 Å². The monoisotopic (exact) mass is 240 g/mol. The van der Waals surface area contributed by atoms with Gasteiger partial charge < -0.3 is 10.2 Å². The Morgan fingerprint density at radius 1 is 1.50 bits per heavy atom.